The zero-order valence-corrected chi connectivity index (χ0v) is 12.5. The van der Waals surface area contributed by atoms with Gasteiger partial charge in [-0.15, -0.1) is 0 Å². The monoisotopic (exact) mass is 305 g/mol. The fourth-order valence-electron chi connectivity index (χ4n) is 2.55. The lowest BCUT2D eigenvalue weighted by Crippen LogP contribution is -2.23. The van der Waals surface area contributed by atoms with Crippen LogP contribution in [0, 0.1) is 6.92 Å². The molecular weight excluding hydrogens is 293 g/mol. The van der Waals surface area contributed by atoms with Gasteiger partial charge in [-0.2, -0.15) is 0 Å². The van der Waals surface area contributed by atoms with Crippen molar-refractivity contribution in [1.82, 2.24) is 4.90 Å². The third-order valence-electron chi connectivity index (χ3n) is 3.47. The Kier molecular flexibility index (Phi) is 3.45. The number of halogens is 2. The van der Waals surface area contributed by atoms with Crippen LogP contribution < -0.4 is 0 Å². The molecule has 1 aliphatic rings. The molecule has 0 spiro atoms. The van der Waals surface area contributed by atoms with E-state index in [-0.39, 0.29) is 5.91 Å². The SMILES string of the molecule is Cc1cc(Cl)c2c(c1)CN(Cc1ccc(Cl)cc1)C2=O. The van der Waals surface area contributed by atoms with Crippen LogP contribution in [-0.4, -0.2) is 10.8 Å². The molecule has 1 aliphatic heterocycles. The molecule has 0 saturated heterocycles. The largest absolute Gasteiger partial charge is 0.330 e. The van der Waals surface area contributed by atoms with E-state index < -0.39 is 0 Å². The van der Waals surface area contributed by atoms with Gasteiger partial charge in [0.2, 0.25) is 0 Å². The highest BCUT2D eigenvalue weighted by Gasteiger charge is 2.29. The Labute approximate surface area is 127 Å². The summed E-state index contributed by atoms with van der Waals surface area (Å²) in [5, 5.41) is 1.24. The summed E-state index contributed by atoms with van der Waals surface area (Å²) in [6, 6.07) is 11.4. The van der Waals surface area contributed by atoms with Crippen molar-refractivity contribution < 1.29 is 4.79 Å². The first-order chi connectivity index (χ1) is 9.54. The number of fused-ring (bicyclic) bond motifs is 1. The number of aryl methyl sites for hydroxylation is 1. The third-order valence-corrected chi connectivity index (χ3v) is 4.02. The van der Waals surface area contributed by atoms with Gasteiger partial charge in [-0.1, -0.05) is 41.4 Å². The summed E-state index contributed by atoms with van der Waals surface area (Å²) in [7, 11) is 0. The van der Waals surface area contributed by atoms with Gasteiger partial charge < -0.3 is 4.90 Å². The molecule has 2 nitrogen and oxygen atoms in total. The van der Waals surface area contributed by atoms with Gasteiger partial charge in [0.1, 0.15) is 0 Å². The van der Waals surface area contributed by atoms with Gasteiger partial charge in [-0.25, -0.2) is 0 Å². The molecular formula is C16H13Cl2NO. The molecule has 20 heavy (non-hydrogen) atoms. The van der Waals surface area contributed by atoms with Crippen molar-refractivity contribution in [3.63, 3.8) is 0 Å². The molecule has 1 heterocycles. The molecule has 0 atom stereocenters. The second-order valence-corrected chi connectivity index (χ2v) is 5.91. The minimum absolute atomic E-state index is 0.0000463. The van der Waals surface area contributed by atoms with E-state index >= 15 is 0 Å². The molecule has 0 bridgehead atoms. The van der Waals surface area contributed by atoms with E-state index in [0.29, 0.717) is 28.7 Å². The average molecular weight is 306 g/mol. The minimum atomic E-state index is -0.0000463. The molecule has 3 rings (SSSR count). The van der Waals surface area contributed by atoms with Gasteiger partial charge in [-0.3, -0.25) is 4.79 Å². The quantitative estimate of drug-likeness (QED) is 0.802. The van der Waals surface area contributed by atoms with Gasteiger partial charge in [0.15, 0.2) is 0 Å². The van der Waals surface area contributed by atoms with Crippen LogP contribution in [0.3, 0.4) is 0 Å². The van der Waals surface area contributed by atoms with Crippen LogP contribution in [0.25, 0.3) is 0 Å². The summed E-state index contributed by atoms with van der Waals surface area (Å²) in [5.74, 6) is -0.0000463. The van der Waals surface area contributed by atoms with Crippen molar-refractivity contribution in [2.45, 2.75) is 20.0 Å². The Hall–Kier alpha value is -1.51. The van der Waals surface area contributed by atoms with Crippen LogP contribution in [0.5, 0.6) is 0 Å². The summed E-state index contributed by atoms with van der Waals surface area (Å²) < 4.78 is 0. The minimum Gasteiger partial charge on any atom is -0.330 e. The standard InChI is InChI=1S/C16H13Cl2NO/c1-10-6-12-9-19(16(20)15(12)14(18)7-10)8-11-2-4-13(17)5-3-11/h2-7H,8-9H2,1H3. The lowest BCUT2D eigenvalue weighted by Gasteiger charge is -2.15. The number of hydrogen-bond donors (Lipinski definition) is 0. The van der Waals surface area contributed by atoms with E-state index in [2.05, 4.69) is 0 Å². The number of carbonyl (C=O) groups excluding carboxylic acids is 1. The molecule has 1 amide bonds. The maximum Gasteiger partial charge on any atom is 0.256 e. The van der Waals surface area contributed by atoms with Gasteiger partial charge in [-0.05, 0) is 41.8 Å². The number of benzene rings is 2. The number of nitrogens with zero attached hydrogens (tertiary/aromatic N) is 1. The lowest BCUT2D eigenvalue weighted by atomic mass is 10.1. The van der Waals surface area contributed by atoms with Crippen molar-refractivity contribution in [2.75, 3.05) is 0 Å². The van der Waals surface area contributed by atoms with E-state index in [1.165, 1.54) is 0 Å². The van der Waals surface area contributed by atoms with Crippen molar-refractivity contribution in [1.29, 1.82) is 0 Å². The maximum atomic E-state index is 12.4. The Morgan fingerprint density at radius 2 is 1.85 bits per heavy atom. The third kappa shape index (κ3) is 2.41. The van der Waals surface area contributed by atoms with Crippen LogP contribution in [0.1, 0.15) is 27.0 Å². The predicted octanol–water partition coefficient (Wildman–Crippen LogP) is 4.46. The molecule has 2 aromatic rings. The van der Waals surface area contributed by atoms with Gasteiger partial charge in [0.25, 0.3) is 5.91 Å². The van der Waals surface area contributed by atoms with Crippen molar-refractivity contribution >= 4 is 29.1 Å². The Morgan fingerprint density at radius 1 is 1.15 bits per heavy atom. The molecule has 0 radical (unpaired) electrons. The molecule has 0 aliphatic carbocycles. The Balaban J connectivity index is 1.87. The first-order valence-electron chi connectivity index (χ1n) is 6.37. The van der Waals surface area contributed by atoms with Crippen LogP contribution in [0.15, 0.2) is 36.4 Å². The topological polar surface area (TPSA) is 20.3 Å². The van der Waals surface area contributed by atoms with E-state index in [1.807, 2.05) is 43.3 Å². The molecule has 0 unspecified atom stereocenters. The molecule has 102 valence electrons. The summed E-state index contributed by atoms with van der Waals surface area (Å²) >= 11 is 12.1. The first-order valence-corrected chi connectivity index (χ1v) is 7.13. The highest BCUT2D eigenvalue weighted by atomic mass is 35.5. The predicted molar refractivity (Wildman–Crippen MR) is 81.2 cm³/mol. The summed E-state index contributed by atoms with van der Waals surface area (Å²) in [6.07, 6.45) is 0. The second-order valence-electron chi connectivity index (χ2n) is 5.07. The van der Waals surface area contributed by atoms with Crippen LogP contribution in [-0.2, 0) is 13.1 Å². The first kappa shape index (κ1) is 13.5. The van der Waals surface area contributed by atoms with Crippen LogP contribution >= 0.6 is 23.2 Å². The van der Waals surface area contributed by atoms with Crippen LogP contribution in [0.4, 0.5) is 0 Å². The van der Waals surface area contributed by atoms with Gasteiger partial charge in [0, 0.05) is 18.1 Å². The fraction of sp³-hybridized carbons (Fsp3) is 0.188. The van der Waals surface area contributed by atoms with E-state index in [4.69, 9.17) is 23.2 Å². The van der Waals surface area contributed by atoms with Crippen LogP contribution in [0.2, 0.25) is 10.0 Å². The normalized spacial score (nSPS) is 13.8. The highest BCUT2D eigenvalue weighted by Crippen LogP contribution is 2.31. The molecule has 2 aromatic carbocycles. The summed E-state index contributed by atoms with van der Waals surface area (Å²) in [6.45, 7) is 3.16. The Bertz CT molecular complexity index is 680. The van der Waals surface area contributed by atoms with E-state index in [0.717, 1.165) is 16.7 Å². The molecule has 4 heteroatoms. The van der Waals surface area contributed by atoms with Crippen molar-refractivity contribution in [2.24, 2.45) is 0 Å². The van der Waals surface area contributed by atoms with Gasteiger partial charge >= 0.3 is 0 Å². The maximum absolute atomic E-state index is 12.4. The molecule has 0 fully saturated rings. The van der Waals surface area contributed by atoms with Crippen molar-refractivity contribution in [3.8, 4) is 0 Å². The number of rotatable bonds is 2. The molecule has 0 N–H and O–H groups in total. The zero-order chi connectivity index (χ0) is 14.3. The summed E-state index contributed by atoms with van der Waals surface area (Å²) in [4.78, 5) is 14.2. The molecule has 0 saturated carbocycles. The Morgan fingerprint density at radius 3 is 2.55 bits per heavy atom. The fourth-order valence-corrected chi connectivity index (χ4v) is 3.05. The molecule has 0 aromatic heterocycles. The lowest BCUT2D eigenvalue weighted by molar-refractivity contribution is 0.0767. The number of amides is 1. The second kappa shape index (κ2) is 5.12. The van der Waals surface area contributed by atoms with Gasteiger partial charge in [0.05, 0.1) is 10.6 Å². The number of carbonyl (C=O) groups is 1. The van der Waals surface area contributed by atoms with E-state index in [1.54, 1.807) is 4.90 Å². The summed E-state index contributed by atoms with van der Waals surface area (Å²) in [5.41, 5.74) is 3.79. The number of hydrogen-bond acceptors (Lipinski definition) is 1. The average Bonchev–Trinajstić information content (AvgIpc) is 2.69. The van der Waals surface area contributed by atoms with E-state index in [9.17, 15) is 4.79 Å². The zero-order valence-electron chi connectivity index (χ0n) is 11.0. The van der Waals surface area contributed by atoms with Crippen molar-refractivity contribution in [3.05, 3.63) is 68.7 Å². The smallest absolute Gasteiger partial charge is 0.256 e. The highest BCUT2D eigenvalue weighted by molar-refractivity contribution is 6.34.